The normalized spacial score (nSPS) is 11.7. The molecule has 0 saturated carbocycles. The zero-order chi connectivity index (χ0) is 11.1. The highest BCUT2D eigenvalue weighted by atomic mass is 14.0. The first-order chi connectivity index (χ1) is 7.27. The van der Waals surface area contributed by atoms with Gasteiger partial charge in [-0.05, 0) is 18.1 Å². The molecular weight excluding hydrogens is 180 g/mol. The Labute approximate surface area is 92.0 Å². The molecule has 0 unspecified atom stereocenters. The lowest BCUT2D eigenvalue weighted by Gasteiger charge is -2.02. The van der Waals surface area contributed by atoms with E-state index in [2.05, 4.69) is 44.3 Å². The molecule has 0 spiro atoms. The average molecular weight is 196 g/mol. The first-order valence-corrected chi connectivity index (χ1v) is 4.97. The Bertz CT molecular complexity index is 389. The van der Waals surface area contributed by atoms with Gasteiger partial charge >= 0.3 is 0 Å². The van der Waals surface area contributed by atoms with Crippen molar-refractivity contribution < 1.29 is 0 Å². The maximum atomic E-state index is 3.72. The molecule has 0 heteroatoms. The van der Waals surface area contributed by atoms with E-state index in [0.717, 1.165) is 5.57 Å². The second-order valence-electron chi connectivity index (χ2n) is 3.32. The summed E-state index contributed by atoms with van der Waals surface area (Å²) in [6, 6.07) is 8.43. The minimum Gasteiger partial charge on any atom is -0.0991 e. The maximum absolute atomic E-state index is 3.72. The van der Waals surface area contributed by atoms with E-state index in [1.54, 1.807) is 12.2 Å². The van der Waals surface area contributed by atoms with Crippen LogP contribution in [-0.4, -0.2) is 0 Å². The van der Waals surface area contributed by atoms with Crippen LogP contribution in [0.5, 0.6) is 0 Å². The number of allylic oxidation sites excluding steroid dienone is 6. The van der Waals surface area contributed by atoms with E-state index in [0.29, 0.717) is 0 Å². The van der Waals surface area contributed by atoms with Crippen molar-refractivity contribution in [2.75, 3.05) is 0 Å². The van der Waals surface area contributed by atoms with Crippen molar-refractivity contribution in [3.8, 4) is 0 Å². The summed E-state index contributed by atoms with van der Waals surface area (Å²) < 4.78 is 0. The van der Waals surface area contributed by atoms with Gasteiger partial charge in [-0.1, -0.05) is 73.4 Å². The van der Waals surface area contributed by atoms with Crippen LogP contribution in [0.4, 0.5) is 0 Å². The molecular formula is C15H16. The van der Waals surface area contributed by atoms with E-state index in [4.69, 9.17) is 0 Å². The van der Waals surface area contributed by atoms with Crippen LogP contribution in [0, 0.1) is 6.92 Å². The average Bonchev–Trinajstić information content (AvgIpc) is 2.25. The van der Waals surface area contributed by atoms with Crippen molar-refractivity contribution in [3.63, 3.8) is 0 Å². The van der Waals surface area contributed by atoms with Crippen LogP contribution in [0.1, 0.15) is 11.1 Å². The summed E-state index contributed by atoms with van der Waals surface area (Å²) >= 11 is 0. The largest absolute Gasteiger partial charge is 0.0991 e. The molecule has 1 aromatic carbocycles. The van der Waals surface area contributed by atoms with Crippen LogP contribution in [0.3, 0.4) is 0 Å². The van der Waals surface area contributed by atoms with Crippen LogP contribution in [0.2, 0.25) is 0 Å². The van der Waals surface area contributed by atoms with Gasteiger partial charge in [0.25, 0.3) is 0 Å². The number of hydrogen-bond donors (Lipinski definition) is 0. The number of rotatable bonds is 4. The van der Waals surface area contributed by atoms with Gasteiger partial charge in [0, 0.05) is 0 Å². The summed E-state index contributed by atoms with van der Waals surface area (Å²) in [6.07, 6.45) is 9.51. The Morgan fingerprint density at radius 2 is 1.73 bits per heavy atom. The molecule has 0 atom stereocenters. The van der Waals surface area contributed by atoms with Crippen LogP contribution >= 0.6 is 0 Å². The fourth-order valence-electron chi connectivity index (χ4n) is 1.29. The Balaban J connectivity index is 3.04. The number of aryl methyl sites for hydroxylation is 1. The van der Waals surface area contributed by atoms with Crippen molar-refractivity contribution in [2.45, 2.75) is 6.92 Å². The maximum Gasteiger partial charge on any atom is -0.0184 e. The highest BCUT2D eigenvalue weighted by Crippen LogP contribution is 2.16. The molecule has 0 aliphatic carbocycles. The Hall–Kier alpha value is -1.82. The third-order valence-corrected chi connectivity index (χ3v) is 2.09. The van der Waals surface area contributed by atoms with Crippen LogP contribution in [-0.2, 0) is 0 Å². The summed E-state index contributed by atoms with van der Waals surface area (Å²) in [5, 5.41) is 0. The van der Waals surface area contributed by atoms with Gasteiger partial charge in [0.05, 0.1) is 0 Å². The molecule has 0 aliphatic heterocycles. The van der Waals surface area contributed by atoms with E-state index < -0.39 is 0 Å². The van der Waals surface area contributed by atoms with Crippen molar-refractivity contribution >= 4 is 5.57 Å². The van der Waals surface area contributed by atoms with Gasteiger partial charge in [-0.25, -0.2) is 0 Å². The zero-order valence-electron chi connectivity index (χ0n) is 9.11. The highest BCUT2D eigenvalue weighted by molar-refractivity contribution is 5.75. The fourth-order valence-corrected chi connectivity index (χ4v) is 1.29. The highest BCUT2D eigenvalue weighted by Gasteiger charge is 1.95. The minimum absolute atomic E-state index is 1.14. The second kappa shape index (κ2) is 5.82. The van der Waals surface area contributed by atoms with Crippen LogP contribution in [0.25, 0.3) is 5.57 Å². The zero-order valence-corrected chi connectivity index (χ0v) is 9.11. The standard InChI is InChI=1S/C15H16/c1-4-6-8-14(7-5-2)15-11-9-13(3)10-12-15/h4-12H,1-2H2,3H3/b8-6-,14-7+. The van der Waals surface area contributed by atoms with Gasteiger partial charge in [-0.2, -0.15) is 0 Å². The summed E-state index contributed by atoms with van der Waals surface area (Å²) in [5.41, 5.74) is 3.60. The predicted octanol–water partition coefficient (Wildman–Crippen LogP) is 4.31. The van der Waals surface area contributed by atoms with E-state index in [1.807, 2.05) is 18.2 Å². The fraction of sp³-hybridized carbons (Fsp3) is 0.0667. The molecule has 0 saturated heterocycles. The Kier molecular flexibility index (Phi) is 4.36. The molecule has 1 aromatic rings. The van der Waals surface area contributed by atoms with Gasteiger partial charge in [-0.3, -0.25) is 0 Å². The van der Waals surface area contributed by atoms with E-state index in [1.165, 1.54) is 11.1 Å². The number of benzene rings is 1. The van der Waals surface area contributed by atoms with Gasteiger partial charge in [0.15, 0.2) is 0 Å². The lowest BCUT2D eigenvalue weighted by atomic mass is 10.0. The summed E-state index contributed by atoms with van der Waals surface area (Å²) in [7, 11) is 0. The molecule has 0 radical (unpaired) electrons. The smallest absolute Gasteiger partial charge is 0.0184 e. The van der Waals surface area contributed by atoms with Gasteiger partial charge < -0.3 is 0 Å². The molecule has 0 bridgehead atoms. The summed E-state index contributed by atoms with van der Waals surface area (Å²) in [6.45, 7) is 9.46. The van der Waals surface area contributed by atoms with Crippen molar-refractivity contribution in [3.05, 3.63) is 78.9 Å². The Morgan fingerprint density at radius 1 is 1.07 bits per heavy atom. The quantitative estimate of drug-likeness (QED) is 0.629. The van der Waals surface area contributed by atoms with Gasteiger partial charge in [-0.15, -0.1) is 0 Å². The molecule has 0 nitrogen and oxygen atoms in total. The molecule has 0 amide bonds. The molecule has 1 rings (SSSR count). The third kappa shape index (κ3) is 3.43. The first kappa shape index (κ1) is 11.3. The topological polar surface area (TPSA) is 0 Å². The van der Waals surface area contributed by atoms with Crippen molar-refractivity contribution in [2.24, 2.45) is 0 Å². The van der Waals surface area contributed by atoms with Crippen LogP contribution in [0.15, 0.2) is 67.8 Å². The lowest BCUT2D eigenvalue weighted by molar-refractivity contribution is 1.45. The molecule has 0 heterocycles. The SMILES string of the molecule is C=C/C=C\C(=C/C=C)c1ccc(C)cc1. The molecule has 76 valence electrons. The molecule has 0 aromatic heterocycles. The molecule has 15 heavy (non-hydrogen) atoms. The van der Waals surface area contributed by atoms with E-state index in [9.17, 15) is 0 Å². The first-order valence-electron chi connectivity index (χ1n) is 4.97. The van der Waals surface area contributed by atoms with Crippen LogP contribution < -0.4 is 0 Å². The van der Waals surface area contributed by atoms with Gasteiger partial charge in [0.2, 0.25) is 0 Å². The summed E-state index contributed by atoms with van der Waals surface area (Å²) in [5.74, 6) is 0. The molecule has 0 fully saturated rings. The summed E-state index contributed by atoms with van der Waals surface area (Å²) in [4.78, 5) is 0. The predicted molar refractivity (Wildman–Crippen MR) is 68.7 cm³/mol. The lowest BCUT2D eigenvalue weighted by Crippen LogP contribution is -1.80. The third-order valence-electron chi connectivity index (χ3n) is 2.09. The Morgan fingerprint density at radius 3 is 2.27 bits per heavy atom. The van der Waals surface area contributed by atoms with E-state index in [-0.39, 0.29) is 0 Å². The molecule has 0 aliphatic rings. The molecule has 0 N–H and O–H groups in total. The van der Waals surface area contributed by atoms with Crippen molar-refractivity contribution in [1.29, 1.82) is 0 Å². The number of hydrogen-bond acceptors (Lipinski definition) is 0. The monoisotopic (exact) mass is 196 g/mol. The van der Waals surface area contributed by atoms with Gasteiger partial charge in [0.1, 0.15) is 0 Å². The van der Waals surface area contributed by atoms with E-state index >= 15 is 0 Å². The minimum atomic E-state index is 1.14. The second-order valence-corrected chi connectivity index (χ2v) is 3.32. The van der Waals surface area contributed by atoms with Crippen molar-refractivity contribution in [1.82, 2.24) is 0 Å².